The lowest BCUT2D eigenvalue weighted by Gasteiger charge is -2.12. The quantitative estimate of drug-likeness (QED) is 0.639. The van der Waals surface area contributed by atoms with Gasteiger partial charge < -0.3 is 5.11 Å². The van der Waals surface area contributed by atoms with Crippen molar-refractivity contribution in [1.82, 2.24) is 0 Å². The van der Waals surface area contributed by atoms with Gasteiger partial charge in [-0.1, -0.05) is 57.6 Å². The Hall–Kier alpha value is -0.410. The molecule has 1 N–H and O–H groups in total. The Labute approximate surface area is 118 Å². The van der Waals surface area contributed by atoms with Gasteiger partial charge in [0.15, 0.2) is 0 Å². The maximum absolute atomic E-state index is 13.7. The molecule has 1 nitrogen and oxygen atoms in total. The molecule has 1 aromatic rings. The first-order valence-corrected chi connectivity index (χ1v) is 7.58. The second-order valence-electron chi connectivity index (χ2n) is 4.72. The molecule has 3 heteroatoms. The van der Waals surface area contributed by atoms with Gasteiger partial charge in [-0.3, -0.25) is 0 Å². The second kappa shape index (κ2) is 8.65. The highest BCUT2D eigenvalue weighted by Crippen LogP contribution is 2.27. The summed E-state index contributed by atoms with van der Waals surface area (Å²) < 4.78 is 14.1. The summed E-state index contributed by atoms with van der Waals surface area (Å²) in [6, 6.07) is 5.06. The van der Waals surface area contributed by atoms with Crippen LogP contribution in [0.15, 0.2) is 22.7 Å². The van der Waals surface area contributed by atoms with Crippen LogP contribution in [0.1, 0.15) is 63.5 Å². The summed E-state index contributed by atoms with van der Waals surface area (Å²) in [4.78, 5) is 0. The van der Waals surface area contributed by atoms with E-state index in [2.05, 4.69) is 22.9 Å². The molecule has 0 amide bonds. The molecule has 0 aliphatic rings. The standard InChI is InChI=1S/C15H22BrFO/c1-2-3-4-5-6-7-11-14(18)12-9-8-10-13(16)15(12)17/h8-10,14,18H,2-7,11H2,1H3. The van der Waals surface area contributed by atoms with Crippen LogP contribution in [0.4, 0.5) is 4.39 Å². The van der Waals surface area contributed by atoms with Crippen LogP contribution in [0.25, 0.3) is 0 Å². The van der Waals surface area contributed by atoms with Crippen molar-refractivity contribution in [3.63, 3.8) is 0 Å². The van der Waals surface area contributed by atoms with Crippen LogP contribution < -0.4 is 0 Å². The molecule has 0 fully saturated rings. The number of aliphatic hydroxyl groups excluding tert-OH is 1. The van der Waals surface area contributed by atoms with Gasteiger partial charge in [0.25, 0.3) is 0 Å². The van der Waals surface area contributed by atoms with Gasteiger partial charge in [0.2, 0.25) is 0 Å². The Morgan fingerprint density at radius 3 is 2.56 bits per heavy atom. The summed E-state index contributed by atoms with van der Waals surface area (Å²) in [5, 5.41) is 9.97. The Morgan fingerprint density at radius 2 is 1.83 bits per heavy atom. The summed E-state index contributed by atoms with van der Waals surface area (Å²) in [6.07, 6.45) is 7.02. The molecule has 0 aliphatic carbocycles. The average Bonchev–Trinajstić information content (AvgIpc) is 2.36. The average molecular weight is 317 g/mol. The zero-order valence-electron chi connectivity index (χ0n) is 11.0. The third-order valence-electron chi connectivity index (χ3n) is 3.17. The van der Waals surface area contributed by atoms with Gasteiger partial charge in [-0.15, -0.1) is 0 Å². The Kier molecular flexibility index (Phi) is 7.52. The lowest BCUT2D eigenvalue weighted by Crippen LogP contribution is -2.01. The zero-order valence-corrected chi connectivity index (χ0v) is 12.5. The van der Waals surface area contributed by atoms with E-state index < -0.39 is 6.10 Å². The predicted octanol–water partition coefficient (Wildman–Crippen LogP) is 5.37. The van der Waals surface area contributed by atoms with E-state index in [1.54, 1.807) is 18.2 Å². The van der Waals surface area contributed by atoms with Crippen LogP contribution in [0.5, 0.6) is 0 Å². The molecule has 0 heterocycles. The van der Waals surface area contributed by atoms with Crippen molar-refractivity contribution in [1.29, 1.82) is 0 Å². The smallest absolute Gasteiger partial charge is 0.143 e. The highest BCUT2D eigenvalue weighted by molar-refractivity contribution is 9.10. The minimum absolute atomic E-state index is 0.337. The Bertz CT molecular complexity index is 354. The van der Waals surface area contributed by atoms with Crippen molar-refractivity contribution in [2.45, 2.75) is 58.0 Å². The minimum atomic E-state index is -0.686. The van der Waals surface area contributed by atoms with Gasteiger partial charge in [0.1, 0.15) is 5.82 Å². The summed E-state index contributed by atoms with van der Waals surface area (Å²) in [5.41, 5.74) is 0.401. The van der Waals surface area contributed by atoms with Crippen molar-refractivity contribution in [3.8, 4) is 0 Å². The summed E-state index contributed by atoms with van der Waals surface area (Å²) >= 11 is 3.14. The molecule has 0 aliphatic heterocycles. The second-order valence-corrected chi connectivity index (χ2v) is 5.57. The van der Waals surface area contributed by atoms with Crippen LogP contribution in [-0.2, 0) is 0 Å². The molecule has 18 heavy (non-hydrogen) atoms. The number of benzene rings is 1. The number of rotatable bonds is 8. The molecule has 0 radical (unpaired) electrons. The van der Waals surface area contributed by atoms with Crippen molar-refractivity contribution < 1.29 is 9.50 Å². The molecule has 0 saturated carbocycles. The lowest BCUT2D eigenvalue weighted by molar-refractivity contribution is 0.158. The van der Waals surface area contributed by atoms with Crippen LogP contribution in [0.3, 0.4) is 0 Å². The van der Waals surface area contributed by atoms with Gasteiger partial charge >= 0.3 is 0 Å². The summed E-state index contributed by atoms with van der Waals surface area (Å²) in [5.74, 6) is -0.337. The fourth-order valence-corrected chi connectivity index (χ4v) is 2.43. The van der Waals surface area contributed by atoms with Crippen LogP contribution in [0, 0.1) is 5.82 Å². The monoisotopic (exact) mass is 316 g/mol. The molecule has 102 valence electrons. The maximum Gasteiger partial charge on any atom is 0.143 e. The fraction of sp³-hybridized carbons (Fsp3) is 0.600. The zero-order chi connectivity index (χ0) is 13.4. The number of halogens is 2. The topological polar surface area (TPSA) is 20.2 Å². The van der Waals surface area contributed by atoms with Crippen molar-refractivity contribution in [2.75, 3.05) is 0 Å². The van der Waals surface area contributed by atoms with Crippen LogP contribution in [-0.4, -0.2) is 5.11 Å². The van der Waals surface area contributed by atoms with E-state index in [0.717, 1.165) is 12.8 Å². The van der Waals surface area contributed by atoms with E-state index in [0.29, 0.717) is 16.5 Å². The van der Waals surface area contributed by atoms with E-state index in [1.807, 2.05) is 0 Å². The number of hydrogen-bond donors (Lipinski definition) is 1. The first-order chi connectivity index (χ1) is 8.66. The van der Waals surface area contributed by atoms with E-state index in [9.17, 15) is 9.50 Å². The minimum Gasteiger partial charge on any atom is -0.388 e. The van der Waals surface area contributed by atoms with Crippen molar-refractivity contribution >= 4 is 15.9 Å². The molecule has 1 rings (SSSR count). The number of aliphatic hydroxyl groups is 1. The molecular formula is C15H22BrFO. The SMILES string of the molecule is CCCCCCCCC(O)c1cccc(Br)c1F. The van der Waals surface area contributed by atoms with E-state index in [4.69, 9.17) is 0 Å². The highest BCUT2D eigenvalue weighted by Gasteiger charge is 2.14. The Balaban J connectivity index is 2.32. The largest absolute Gasteiger partial charge is 0.388 e. The fourth-order valence-electron chi connectivity index (χ4n) is 2.05. The van der Waals surface area contributed by atoms with E-state index in [-0.39, 0.29) is 5.82 Å². The van der Waals surface area contributed by atoms with E-state index in [1.165, 1.54) is 25.7 Å². The van der Waals surface area contributed by atoms with Gasteiger partial charge in [-0.25, -0.2) is 4.39 Å². The van der Waals surface area contributed by atoms with Gasteiger partial charge in [-0.2, -0.15) is 0 Å². The van der Waals surface area contributed by atoms with E-state index >= 15 is 0 Å². The van der Waals surface area contributed by atoms with Crippen LogP contribution >= 0.6 is 15.9 Å². The summed E-state index contributed by atoms with van der Waals surface area (Å²) in [6.45, 7) is 2.19. The molecular weight excluding hydrogens is 295 g/mol. The normalized spacial score (nSPS) is 12.7. The third kappa shape index (κ3) is 5.07. The van der Waals surface area contributed by atoms with Gasteiger partial charge in [0, 0.05) is 5.56 Å². The van der Waals surface area contributed by atoms with Crippen LogP contribution in [0.2, 0.25) is 0 Å². The third-order valence-corrected chi connectivity index (χ3v) is 3.78. The number of unbranched alkanes of at least 4 members (excludes halogenated alkanes) is 5. The molecule has 0 aromatic heterocycles. The summed E-state index contributed by atoms with van der Waals surface area (Å²) in [7, 11) is 0. The molecule has 0 bridgehead atoms. The maximum atomic E-state index is 13.7. The lowest BCUT2D eigenvalue weighted by atomic mass is 10.0. The molecule has 0 spiro atoms. The van der Waals surface area contributed by atoms with Gasteiger partial charge in [0.05, 0.1) is 10.6 Å². The Morgan fingerprint density at radius 1 is 1.17 bits per heavy atom. The first-order valence-electron chi connectivity index (χ1n) is 6.78. The molecule has 0 saturated heterocycles. The highest BCUT2D eigenvalue weighted by atomic mass is 79.9. The molecule has 1 aromatic carbocycles. The van der Waals surface area contributed by atoms with Gasteiger partial charge in [-0.05, 0) is 28.4 Å². The first kappa shape index (κ1) is 15.6. The predicted molar refractivity (Wildman–Crippen MR) is 77.1 cm³/mol. The van der Waals surface area contributed by atoms with Crippen molar-refractivity contribution in [2.24, 2.45) is 0 Å². The molecule has 1 unspecified atom stereocenters. The molecule has 1 atom stereocenters. The number of hydrogen-bond acceptors (Lipinski definition) is 1. The van der Waals surface area contributed by atoms with Crippen molar-refractivity contribution in [3.05, 3.63) is 34.1 Å².